The first kappa shape index (κ1) is 13.3. The van der Waals surface area contributed by atoms with Crippen LogP contribution in [0.2, 0.25) is 0 Å². The predicted octanol–water partition coefficient (Wildman–Crippen LogP) is 2.47. The van der Waals surface area contributed by atoms with E-state index in [2.05, 4.69) is 32.7 Å². The maximum Gasteiger partial charge on any atom is 0.117 e. The van der Waals surface area contributed by atoms with Crippen LogP contribution in [0.4, 0.5) is 0 Å². The molecule has 1 unspecified atom stereocenters. The van der Waals surface area contributed by atoms with Gasteiger partial charge in [0.25, 0.3) is 0 Å². The van der Waals surface area contributed by atoms with Gasteiger partial charge in [-0.3, -0.25) is 4.90 Å². The summed E-state index contributed by atoms with van der Waals surface area (Å²) in [5.41, 5.74) is 5.96. The van der Waals surface area contributed by atoms with Gasteiger partial charge in [-0.15, -0.1) is 0 Å². The van der Waals surface area contributed by atoms with E-state index < -0.39 is 0 Å². The highest BCUT2D eigenvalue weighted by Gasteiger charge is 2.28. The second kappa shape index (κ2) is 5.51. The molecule has 0 saturated heterocycles. The Morgan fingerprint density at radius 2 is 2.19 bits per heavy atom. The Bertz CT molecular complexity index is 295. The molecule has 1 atom stereocenters. The van der Waals surface area contributed by atoms with Crippen LogP contribution in [0, 0.1) is 5.92 Å². The molecule has 0 aliphatic heterocycles. The van der Waals surface area contributed by atoms with Gasteiger partial charge < -0.3 is 10.2 Å². The molecule has 3 nitrogen and oxygen atoms in total. The Kier molecular flexibility index (Phi) is 4.56. The van der Waals surface area contributed by atoms with Gasteiger partial charge >= 0.3 is 0 Å². The standard InChI is InChI=1S/C13H24N2O/c1-11(2)8-13(3,10-14)15(4)9-12-6-5-7-16-12/h5-7,11H,8-10,14H2,1-4H3. The third-order valence-corrected chi connectivity index (χ3v) is 3.18. The van der Waals surface area contributed by atoms with Gasteiger partial charge in [-0.05, 0) is 38.4 Å². The van der Waals surface area contributed by atoms with Gasteiger partial charge in [-0.1, -0.05) is 13.8 Å². The molecule has 0 aliphatic rings. The minimum absolute atomic E-state index is 0.0426. The zero-order chi connectivity index (χ0) is 12.2. The average molecular weight is 224 g/mol. The molecule has 16 heavy (non-hydrogen) atoms. The van der Waals surface area contributed by atoms with Crippen molar-refractivity contribution in [1.82, 2.24) is 4.90 Å². The number of hydrogen-bond donors (Lipinski definition) is 1. The molecule has 3 heteroatoms. The van der Waals surface area contributed by atoms with Gasteiger partial charge in [0.15, 0.2) is 0 Å². The third kappa shape index (κ3) is 3.35. The van der Waals surface area contributed by atoms with Crippen LogP contribution in [0.5, 0.6) is 0 Å². The second-order valence-corrected chi connectivity index (χ2v) is 5.23. The molecule has 0 aliphatic carbocycles. The fourth-order valence-corrected chi connectivity index (χ4v) is 2.10. The Hall–Kier alpha value is -0.800. The molecule has 0 spiro atoms. The first-order valence-electron chi connectivity index (χ1n) is 5.91. The summed E-state index contributed by atoms with van der Waals surface area (Å²) in [6.45, 7) is 8.16. The lowest BCUT2D eigenvalue weighted by Crippen LogP contribution is -2.50. The van der Waals surface area contributed by atoms with Crippen molar-refractivity contribution in [1.29, 1.82) is 0 Å². The summed E-state index contributed by atoms with van der Waals surface area (Å²) < 4.78 is 5.37. The fourth-order valence-electron chi connectivity index (χ4n) is 2.10. The molecule has 1 heterocycles. The number of nitrogens with two attached hydrogens (primary N) is 1. The SMILES string of the molecule is CC(C)CC(C)(CN)N(C)Cc1ccco1. The van der Waals surface area contributed by atoms with Crippen molar-refractivity contribution in [2.24, 2.45) is 11.7 Å². The van der Waals surface area contributed by atoms with E-state index in [0.717, 1.165) is 18.7 Å². The van der Waals surface area contributed by atoms with E-state index in [1.165, 1.54) is 0 Å². The van der Waals surface area contributed by atoms with Crippen LogP contribution in [0.15, 0.2) is 22.8 Å². The maximum atomic E-state index is 5.91. The maximum absolute atomic E-state index is 5.91. The van der Waals surface area contributed by atoms with Crippen LogP contribution >= 0.6 is 0 Å². The first-order valence-corrected chi connectivity index (χ1v) is 5.91. The number of likely N-dealkylation sites (N-methyl/N-ethyl adjacent to an activating group) is 1. The molecule has 1 aromatic heterocycles. The molecule has 1 rings (SSSR count). The molecule has 0 fully saturated rings. The molecule has 0 aromatic carbocycles. The van der Waals surface area contributed by atoms with Crippen molar-refractivity contribution in [2.75, 3.05) is 13.6 Å². The molecule has 0 amide bonds. The van der Waals surface area contributed by atoms with Crippen LogP contribution in [0.25, 0.3) is 0 Å². The molecule has 0 radical (unpaired) electrons. The number of hydrogen-bond acceptors (Lipinski definition) is 3. The van der Waals surface area contributed by atoms with Gasteiger partial charge in [-0.2, -0.15) is 0 Å². The summed E-state index contributed by atoms with van der Waals surface area (Å²) in [6.07, 6.45) is 2.81. The average Bonchev–Trinajstić information content (AvgIpc) is 2.69. The van der Waals surface area contributed by atoms with E-state index in [0.29, 0.717) is 12.5 Å². The lowest BCUT2D eigenvalue weighted by atomic mass is 9.89. The normalized spacial score (nSPS) is 15.7. The van der Waals surface area contributed by atoms with Gasteiger partial charge in [0, 0.05) is 12.1 Å². The highest BCUT2D eigenvalue weighted by molar-refractivity contribution is 4.99. The number of nitrogens with zero attached hydrogens (tertiary/aromatic N) is 1. The summed E-state index contributed by atoms with van der Waals surface area (Å²) in [5.74, 6) is 1.64. The zero-order valence-electron chi connectivity index (χ0n) is 10.9. The molecular weight excluding hydrogens is 200 g/mol. The monoisotopic (exact) mass is 224 g/mol. The quantitative estimate of drug-likeness (QED) is 0.807. The third-order valence-electron chi connectivity index (χ3n) is 3.18. The molecule has 0 saturated carbocycles. The smallest absolute Gasteiger partial charge is 0.117 e. The molecule has 1 aromatic rings. The second-order valence-electron chi connectivity index (χ2n) is 5.23. The molecule has 2 N–H and O–H groups in total. The Balaban J connectivity index is 2.64. The molecular formula is C13H24N2O. The zero-order valence-corrected chi connectivity index (χ0v) is 10.9. The largest absolute Gasteiger partial charge is 0.468 e. The lowest BCUT2D eigenvalue weighted by molar-refractivity contribution is 0.104. The highest BCUT2D eigenvalue weighted by Crippen LogP contribution is 2.23. The van der Waals surface area contributed by atoms with Crippen LogP contribution in [-0.4, -0.2) is 24.0 Å². The van der Waals surface area contributed by atoms with Crippen LogP contribution < -0.4 is 5.73 Å². The predicted molar refractivity (Wildman–Crippen MR) is 67.1 cm³/mol. The summed E-state index contributed by atoms with van der Waals surface area (Å²) in [6, 6.07) is 3.92. The first-order chi connectivity index (χ1) is 7.48. The summed E-state index contributed by atoms with van der Waals surface area (Å²) in [5, 5.41) is 0. The van der Waals surface area contributed by atoms with E-state index in [1.807, 2.05) is 12.1 Å². The highest BCUT2D eigenvalue weighted by atomic mass is 16.3. The van der Waals surface area contributed by atoms with Crippen LogP contribution in [0.3, 0.4) is 0 Å². The number of rotatable bonds is 6. The van der Waals surface area contributed by atoms with E-state index in [4.69, 9.17) is 10.2 Å². The van der Waals surface area contributed by atoms with Crippen LogP contribution in [0.1, 0.15) is 33.0 Å². The summed E-state index contributed by atoms with van der Waals surface area (Å²) in [7, 11) is 2.11. The summed E-state index contributed by atoms with van der Waals surface area (Å²) in [4.78, 5) is 2.28. The van der Waals surface area contributed by atoms with Gasteiger partial charge in [0.05, 0.1) is 12.8 Å². The Morgan fingerprint density at radius 3 is 2.62 bits per heavy atom. The Morgan fingerprint density at radius 1 is 1.50 bits per heavy atom. The summed E-state index contributed by atoms with van der Waals surface area (Å²) >= 11 is 0. The minimum atomic E-state index is 0.0426. The topological polar surface area (TPSA) is 42.4 Å². The van der Waals surface area contributed by atoms with Crippen molar-refractivity contribution >= 4 is 0 Å². The van der Waals surface area contributed by atoms with Crippen molar-refractivity contribution < 1.29 is 4.42 Å². The number of furan rings is 1. The molecule has 92 valence electrons. The van der Waals surface area contributed by atoms with Crippen molar-refractivity contribution in [3.63, 3.8) is 0 Å². The van der Waals surface area contributed by atoms with Gasteiger partial charge in [0.1, 0.15) is 5.76 Å². The van der Waals surface area contributed by atoms with Crippen molar-refractivity contribution in [3.05, 3.63) is 24.2 Å². The van der Waals surface area contributed by atoms with E-state index in [-0.39, 0.29) is 5.54 Å². The minimum Gasteiger partial charge on any atom is -0.468 e. The van der Waals surface area contributed by atoms with Crippen LogP contribution in [-0.2, 0) is 6.54 Å². The fraction of sp³-hybridized carbons (Fsp3) is 0.692. The van der Waals surface area contributed by atoms with Crippen molar-refractivity contribution in [2.45, 2.75) is 39.3 Å². The lowest BCUT2D eigenvalue weighted by Gasteiger charge is -2.39. The van der Waals surface area contributed by atoms with E-state index in [9.17, 15) is 0 Å². The Labute approximate surface area is 98.6 Å². The van der Waals surface area contributed by atoms with E-state index >= 15 is 0 Å². The van der Waals surface area contributed by atoms with E-state index in [1.54, 1.807) is 6.26 Å². The molecule has 0 bridgehead atoms. The van der Waals surface area contributed by atoms with Crippen molar-refractivity contribution in [3.8, 4) is 0 Å². The van der Waals surface area contributed by atoms with Gasteiger partial charge in [0.2, 0.25) is 0 Å². The van der Waals surface area contributed by atoms with Gasteiger partial charge in [-0.25, -0.2) is 0 Å².